The van der Waals surface area contributed by atoms with Gasteiger partial charge in [-0.1, -0.05) is 24.3 Å². The number of para-hydroxylation sites is 1. The van der Waals surface area contributed by atoms with Crippen molar-refractivity contribution in [2.24, 2.45) is 5.73 Å². The first-order valence-corrected chi connectivity index (χ1v) is 13.0. The van der Waals surface area contributed by atoms with E-state index in [0.29, 0.717) is 22.6 Å². The molecule has 0 fully saturated rings. The number of amidine groups is 1. The number of nitrogens with zero attached hydrogens (tertiary/aromatic N) is 3. The Balaban J connectivity index is 1.71. The highest BCUT2D eigenvalue weighted by Crippen LogP contribution is 2.27. The number of likely N-dealkylation sites (N-methyl/N-ethyl adjacent to an activating group) is 1. The van der Waals surface area contributed by atoms with Gasteiger partial charge in [-0.15, -0.1) is 5.10 Å². The zero-order chi connectivity index (χ0) is 32.9. The van der Waals surface area contributed by atoms with Gasteiger partial charge in [-0.05, 0) is 54.1 Å². The number of halogens is 3. The van der Waals surface area contributed by atoms with Crippen LogP contribution in [0.4, 0.5) is 18.9 Å². The van der Waals surface area contributed by atoms with Crippen LogP contribution in [0.25, 0.3) is 5.69 Å². The van der Waals surface area contributed by atoms with Crippen LogP contribution in [0.5, 0.6) is 5.75 Å². The zero-order valence-electron chi connectivity index (χ0n) is 23.7. The van der Waals surface area contributed by atoms with E-state index in [1.54, 1.807) is 62.6 Å². The van der Waals surface area contributed by atoms with E-state index in [9.17, 15) is 32.3 Å². The van der Waals surface area contributed by atoms with Crippen molar-refractivity contribution < 1.29 is 37.0 Å². The minimum absolute atomic E-state index is 0.0293. The second-order valence-electron chi connectivity index (χ2n) is 9.63. The second-order valence-corrected chi connectivity index (χ2v) is 9.63. The molecular formula is C29H26F3N7O6. The average molecular weight is 626 g/mol. The van der Waals surface area contributed by atoms with Crippen LogP contribution >= 0.6 is 0 Å². The van der Waals surface area contributed by atoms with Crippen molar-refractivity contribution in [3.05, 3.63) is 106 Å². The van der Waals surface area contributed by atoms with E-state index < -0.39 is 35.4 Å². The van der Waals surface area contributed by atoms with Gasteiger partial charge < -0.3 is 25.4 Å². The number of aromatic nitrogens is 3. The van der Waals surface area contributed by atoms with Crippen LogP contribution in [-0.4, -0.2) is 70.2 Å². The van der Waals surface area contributed by atoms with Crippen molar-refractivity contribution in [2.75, 3.05) is 26.0 Å². The normalized spacial score (nSPS) is 11.8. The minimum Gasteiger partial charge on any atom is -0.484 e. The Kier molecular flexibility index (Phi) is 9.35. The highest BCUT2D eigenvalue weighted by Gasteiger charge is 2.43. The number of nitrogen functional groups attached to an aromatic ring is 1. The maximum absolute atomic E-state index is 13.1. The molecule has 16 heteroatoms. The number of alkyl halides is 3. The number of carbonyl (C=O) groups is 3. The fraction of sp³-hybridized carbons (Fsp3) is 0.172. The maximum Gasteiger partial charge on any atom is 0.491 e. The molecule has 0 bridgehead atoms. The SMILES string of the molecule is CN(C)C(=O)COc1ccc(C(Nc2ccc(C(=N)N)cc2)c2nn(-c3ccccc3C(=O)OC(=O)C(F)(F)F)c(=O)[nH]2)cc1. The summed E-state index contributed by atoms with van der Waals surface area (Å²) < 4.78 is 48.3. The van der Waals surface area contributed by atoms with Crippen LogP contribution < -0.4 is 21.5 Å². The van der Waals surface area contributed by atoms with Gasteiger partial charge in [0.1, 0.15) is 17.6 Å². The van der Waals surface area contributed by atoms with Crippen molar-refractivity contribution in [1.29, 1.82) is 5.41 Å². The van der Waals surface area contributed by atoms with E-state index in [2.05, 4.69) is 20.1 Å². The number of anilines is 1. The summed E-state index contributed by atoms with van der Waals surface area (Å²) in [6.45, 7) is -0.190. The Morgan fingerprint density at radius 3 is 2.29 bits per heavy atom. The smallest absolute Gasteiger partial charge is 0.484 e. The molecule has 45 heavy (non-hydrogen) atoms. The quantitative estimate of drug-likeness (QED) is 0.0890. The molecule has 5 N–H and O–H groups in total. The molecule has 1 amide bonds. The molecule has 4 aromatic rings. The van der Waals surface area contributed by atoms with E-state index in [1.807, 2.05) is 0 Å². The molecule has 1 atom stereocenters. The molecule has 1 aromatic heterocycles. The predicted octanol–water partition coefficient (Wildman–Crippen LogP) is 2.76. The first kappa shape index (κ1) is 32.0. The average Bonchev–Trinajstić information content (AvgIpc) is 3.39. The topological polar surface area (TPSA) is 185 Å². The molecule has 0 aliphatic carbocycles. The van der Waals surface area contributed by atoms with Crippen molar-refractivity contribution >= 4 is 29.4 Å². The second kappa shape index (κ2) is 13.2. The van der Waals surface area contributed by atoms with E-state index in [-0.39, 0.29) is 29.9 Å². The number of carbonyl (C=O) groups excluding carboxylic acids is 3. The van der Waals surface area contributed by atoms with Crippen LogP contribution in [0.2, 0.25) is 0 Å². The number of hydrogen-bond acceptors (Lipinski definition) is 9. The van der Waals surface area contributed by atoms with Gasteiger partial charge in [-0.3, -0.25) is 15.2 Å². The Morgan fingerprint density at radius 1 is 1.04 bits per heavy atom. The summed E-state index contributed by atoms with van der Waals surface area (Å²) in [4.78, 5) is 52.7. The van der Waals surface area contributed by atoms with Crippen LogP contribution in [0.1, 0.15) is 33.4 Å². The molecule has 0 aliphatic heterocycles. The lowest BCUT2D eigenvalue weighted by atomic mass is 10.1. The number of esters is 2. The maximum atomic E-state index is 13.1. The zero-order valence-corrected chi connectivity index (χ0v) is 23.7. The van der Waals surface area contributed by atoms with E-state index in [0.717, 1.165) is 10.7 Å². The van der Waals surface area contributed by atoms with Crippen LogP contribution in [0.3, 0.4) is 0 Å². The van der Waals surface area contributed by atoms with Crippen molar-refractivity contribution in [3.8, 4) is 11.4 Å². The summed E-state index contributed by atoms with van der Waals surface area (Å²) in [5.74, 6) is -4.31. The molecular weight excluding hydrogens is 599 g/mol. The summed E-state index contributed by atoms with van der Waals surface area (Å²) in [6, 6.07) is 17.2. The number of amides is 1. The van der Waals surface area contributed by atoms with Gasteiger partial charge in [-0.25, -0.2) is 14.4 Å². The molecule has 0 aliphatic rings. The number of hydrogen-bond donors (Lipinski definition) is 4. The minimum atomic E-state index is -5.41. The number of ether oxygens (including phenoxy) is 2. The molecule has 1 heterocycles. The number of H-pyrrole nitrogens is 1. The molecule has 4 rings (SSSR count). The van der Waals surface area contributed by atoms with Crippen molar-refractivity contribution in [1.82, 2.24) is 19.7 Å². The Bertz CT molecular complexity index is 1780. The molecule has 234 valence electrons. The fourth-order valence-electron chi connectivity index (χ4n) is 3.91. The summed E-state index contributed by atoms with van der Waals surface area (Å²) >= 11 is 0. The van der Waals surface area contributed by atoms with Crippen LogP contribution in [-0.2, 0) is 14.3 Å². The van der Waals surface area contributed by atoms with E-state index in [4.69, 9.17) is 15.9 Å². The van der Waals surface area contributed by atoms with Gasteiger partial charge in [0, 0.05) is 25.3 Å². The lowest BCUT2D eigenvalue weighted by Gasteiger charge is -2.19. The van der Waals surface area contributed by atoms with Gasteiger partial charge in [-0.2, -0.15) is 17.9 Å². The largest absolute Gasteiger partial charge is 0.491 e. The molecule has 1 unspecified atom stereocenters. The highest BCUT2D eigenvalue weighted by atomic mass is 19.4. The van der Waals surface area contributed by atoms with Crippen molar-refractivity contribution in [3.63, 3.8) is 0 Å². The molecule has 0 saturated carbocycles. The predicted molar refractivity (Wildman–Crippen MR) is 154 cm³/mol. The summed E-state index contributed by atoms with van der Waals surface area (Å²) in [5, 5.41) is 15.1. The Hall–Kier alpha value is -5.93. The van der Waals surface area contributed by atoms with Crippen LogP contribution in [0.15, 0.2) is 77.6 Å². The number of nitrogens with one attached hydrogen (secondary N) is 3. The number of nitrogens with two attached hydrogens (primary N) is 1. The van der Waals surface area contributed by atoms with Gasteiger partial charge in [0.15, 0.2) is 12.4 Å². The van der Waals surface area contributed by atoms with Crippen LogP contribution in [0, 0.1) is 5.41 Å². The molecule has 0 saturated heterocycles. The molecule has 0 radical (unpaired) electrons. The standard InChI is InChI=1S/C29H26F3N7O6/c1-38(2)22(40)15-44-19-13-9-16(10-14-19)23(35-18-11-7-17(8-12-18)24(33)34)25-36-28(43)39(37-25)21-6-4-3-5-20(21)26(41)45-27(42)29(30,31)32/h3-14,23,35H,15H2,1-2H3,(H3,33,34)(H,36,37,43). The number of aromatic amines is 1. The third-order valence-electron chi connectivity index (χ3n) is 6.26. The van der Waals surface area contributed by atoms with Gasteiger partial charge in [0.2, 0.25) is 0 Å². The Morgan fingerprint density at radius 2 is 1.69 bits per heavy atom. The summed E-state index contributed by atoms with van der Waals surface area (Å²) in [5.41, 5.74) is 5.48. The number of rotatable bonds is 10. The third-order valence-corrected chi connectivity index (χ3v) is 6.26. The van der Waals surface area contributed by atoms with Gasteiger partial charge in [0.05, 0.1) is 11.3 Å². The monoisotopic (exact) mass is 625 g/mol. The molecule has 13 nitrogen and oxygen atoms in total. The first-order valence-electron chi connectivity index (χ1n) is 13.0. The molecule has 3 aromatic carbocycles. The van der Waals surface area contributed by atoms with E-state index >= 15 is 0 Å². The third kappa shape index (κ3) is 7.73. The number of benzene rings is 3. The highest BCUT2D eigenvalue weighted by molar-refractivity contribution is 6.00. The fourth-order valence-corrected chi connectivity index (χ4v) is 3.91. The van der Waals surface area contributed by atoms with Gasteiger partial charge in [0.25, 0.3) is 5.91 Å². The van der Waals surface area contributed by atoms with E-state index in [1.165, 1.54) is 23.1 Å². The van der Waals surface area contributed by atoms with Gasteiger partial charge >= 0.3 is 23.8 Å². The summed E-state index contributed by atoms with van der Waals surface area (Å²) in [7, 11) is 3.19. The lowest BCUT2D eigenvalue weighted by molar-refractivity contribution is -0.193. The van der Waals surface area contributed by atoms with Crippen molar-refractivity contribution in [2.45, 2.75) is 12.2 Å². The Labute approximate surface area is 252 Å². The first-order chi connectivity index (χ1) is 21.2. The lowest BCUT2D eigenvalue weighted by Crippen LogP contribution is -2.29. The molecule has 0 spiro atoms. The summed E-state index contributed by atoms with van der Waals surface area (Å²) in [6.07, 6.45) is -5.41.